The molecule has 0 saturated carbocycles. The summed E-state index contributed by atoms with van der Waals surface area (Å²) in [5.74, 6) is 1.21. The average molecular weight is 394 g/mol. The van der Waals surface area contributed by atoms with Crippen molar-refractivity contribution in [3.05, 3.63) is 52.8 Å². The molecule has 1 aromatic heterocycles. The fourth-order valence-corrected chi connectivity index (χ4v) is 4.61. The second kappa shape index (κ2) is 6.90. The van der Waals surface area contributed by atoms with Crippen LogP contribution in [0.15, 0.2) is 45.7 Å². The Morgan fingerprint density at radius 2 is 1.96 bits per heavy atom. The fourth-order valence-electron chi connectivity index (χ4n) is 2.34. The first-order valence-corrected chi connectivity index (χ1v) is 9.48. The minimum atomic E-state index is -4.08. The molecule has 2 aromatic carbocycles. The van der Waals surface area contributed by atoms with Crippen molar-refractivity contribution < 1.29 is 21.9 Å². The molecule has 9 heteroatoms. The highest BCUT2D eigenvalue weighted by Gasteiger charge is 2.17. The van der Waals surface area contributed by atoms with E-state index in [1.165, 1.54) is 35.9 Å². The summed E-state index contributed by atoms with van der Waals surface area (Å²) in [6.45, 7) is -0.112. The first kappa shape index (κ1) is 18.1. The molecular weight excluding hydrogens is 382 g/mol. The number of halogens is 2. The van der Waals surface area contributed by atoms with Crippen LogP contribution in [0.25, 0.3) is 10.2 Å². The third kappa shape index (κ3) is 3.34. The number of nitrogens with zero attached hydrogens (tertiary/aromatic N) is 2. The van der Waals surface area contributed by atoms with Crippen molar-refractivity contribution >= 4 is 31.6 Å². The normalized spacial score (nSPS) is 12.3. The number of sulfonamides is 1. The molecule has 0 bridgehead atoms. The standard InChI is InChI=1S/C17H12F2N2O3S2/c1-3-8-21-16-14(19)9-11(18)10-15(16)25-17(21)20-26(22,23)13-6-4-12(24-2)5-7-13/h1,4-7,9-10H,8H2,2H3/b20-17-. The first-order valence-electron chi connectivity index (χ1n) is 7.22. The largest absolute Gasteiger partial charge is 0.497 e. The van der Waals surface area contributed by atoms with Gasteiger partial charge in [0.25, 0.3) is 10.0 Å². The number of terminal acetylenes is 1. The van der Waals surface area contributed by atoms with Gasteiger partial charge in [0, 0.05) is 6.07 Å². The van der Waals surface area contributed by atoms with Gasteiger partial charge in [-0.1, -0.05) is 17.3 Å². The zero-order chi connectivity index (χ0) is 18.9. The van der Waals surface area contributed by atoms with Crippen molar-refractivity contribution in [3.8, 4) is 18.1 Å². The molecule has 0 aliphatic carbocycles. The molecule has 0 aliphatic heterocycles. The molecule has 134 valence electrons. The molecule has 0 atom stereocenters. The Balaban J connectivity index is 2.24. The van der Waals surface area contributed by atoms with Crippen LogP contribution in [0.3, 0.4) is 0 Å². The Morgan fingerprint density at radius 3 is 2.58 bits per heavy atom. The Labute approximate surface area is 152 Å². The van der Waals surface area contributed by atoms with Crippen molar-refractivity contribution in [2.24, 2.45) is 4.40 Å². The number of hydrogen-bond donors (Lipinski definition) is 0. The predicted octanol–water partition coefficient (Wildman–Crippen LogP) is 2.91. The maximum Gasteiger partial charge on any atom is 0.285 e. The summed E-state index contributed by atoms with van der Waals surface area (Å²) in [5, 5.41) is 0. The lowest BCUT2D eigenvalue weighted by Gasteiger charge is -2.03. The molecule has 0 fully saturated rings. The molecule has 5 nitrogen and oxygen atoms in total. The highest BCUT2D eigenvalue weighted by molar-refractivity contribution is 7.90. The van der Waals surface area contributed by atoms with E-state index in [9.17, 15) is 17.2 Å². The monoisotopic (exact) mass is 394 g/mol. The molecule has 0 N–H and O–H groups in total. The van der Waals surface area contributed by atoms with Crippen LogP contribution in [0, 0.1) is 24.0 Å². The third-order valence-electron chi connectivity index (χ3n) is 3.50. The lowest BCUT2D eigenvalue weighted by atomic mass is 10.3. The molecule has 0 radical (unpaired) electrons. The summed E-state index contributed by atoms with van der Waals surface area (Å²) in [5.41, 5.74) is 0.0121. The van der Waals surface area contributed by atoms with Crippen LogP contribution < -0.4 is 9.54 Å². The quantitative estimate of drug-likeness (QED) is 0.640. The molecule has 26 heavy (non-hydrogen) atoms. The zero-order valence-electron chi connectivity index (χ0n) is 13.4. The summed E-state index contributed by atoms with van der Waals surface area (Å²) in [4.78, 5) is -0.104. The first-order chi connectivity index (χ1) is 12.4. The van der Waals surface area contributed by atoms with E-state index in [1.807, 2.05) is 0 Å². The van der Waals surface area contributed by atoms with E-state index in [0.29, 0.717) is 11.8 Å². The molecule has 3 aromatic rings. The molecule has 0 saturated heterocycles. The van der Waals surface area contributed by atoms with Crippen molar-refractivity contribution in [2.75, 3.05) is 7.11 Å². The van der Waals surface area contributed by atoms with Crippen LogP contribution in [-0.4, -0.2) is 20.1 Å². The highest BCUT2D eigenvalue weighted by Crippen LogP contribution is 2.23. The lowest BCUT2D eigenvalue weighted by molar-refractivity contribution is 0.414. The smallest absolute Gasteiger partial charge is 0.285 e. The van der Waals surface area contributed by atoms with E-state index in [1.54, 1.807) is 0 Å². The van der Waals surface area contributed by atoms with Gasteiger partial charge in [-0.3, -0.25) is 0 Å². The van der Waals surface area contributed by atoms with E-state index < -0.39 is 21.7 Å². The van der Waals surface area contributed by atoms with Gasteiger partial charge < -0.3 is 9.30 Å². The van der Waals surface area contributed by atoms with Gasteiger partial charge in [-0.2, -0.15) is 8.42 Å². The minimum absolute atomic E-state index is 0.0121. The number of thiazole rings is 1. The van der Waals surface area contributed by atoms with Crippen LogP contribution in [0.5, 0.6) is 5.75 Å². The number of aromatic nitrogens is 1. The van der Waals surface area contributed by atoms with Crippen molar-refractivity contribution in [1.82, 2.24) is 4.57 Å². The molecule has 3 rings (SSSR count). The Morgan fingerprint density at radius 1 is 1.27 bits per heavy atom. The van der Waals surface area contributed by atoms with Crippen LogP contribution in [0.2, 0.25) is 0 Å². The predicted molar refractivity (Wildman–Crippen MR) is 94.3 cm³/mol. The Hall–Kier alpha value is -2.70. The average Bonchev–Trinajstić information content (AvgIpc) is 2.92. The topological polar surface area (TPSA) is 60.7 Å². The van der Waals surface area contributed by atoms with Crippen LogP contribution in [-0.2, 0) is 16.6 Å². The summed E-state index contributed by atoms with van der Waals surface area (Å²) >= 11 is 0.838. The summed E-state index contributed by atoms with van der Waals surface area (Å²) < 4.78 is 62.9. The van der Waals surface area contributed by atoms with Gasteiger partial charge in [0.05, 0.1) is 28.8 Å². The third-order valence-corrected chi connectivity index (χ3v) is 5.92. The highest BCUT2D eigenvalue weighted by atomic mass is 32.2. The van der Waals surface area contributed by atoms with Crippen molar-refractivity contribution in [1.29, 1.82) is 0 Å². The van der Waals surface area contributed by atoms with Crippen LogP contribution in [0.1, 0.15) is 0 Å². The maximum atomic E-state index is 14.2. The molecule has 0 spiro atoms. The van der Waals surface area contributed by atoms with E-state index in [0.717, 1.165) is 17.4 Å². The number of methoxy groups -OCH3 is 1. The van der Waals surface area contributed by atoms with Crippen molar-refractivity contribution in [2.45, 2.75) is 11.4 Å². The number of hydrogen-bond acceptors (Lipinski definition) is 4. The molecular formula is C17H12F2N2O3S2. The summed E-state index contributed by atoms with van der Waals surface area (Å²) in [6.07, 6.45) is 5.30. The SMILES string of the molecule is C#CCn1/c(=N/S(=O)(=O)c2ccc(OC)cc2)sc2cc(F)cc(F)c21. The van der Waals surface area contributed by atoms with E-state index in [-0.39, 0.29) is 26.5 Å². The van der Waals surface area contributed by atoms with Gasteiger partial charge in [-0.15, -0.1) is 10.8 Å². The number of benzene rings is 2. The van der Waals surface area contributed by atoms with Crippen LogP contribution in [0.4, 0.5) is 8.78 Å². The molecule has 1 heterocycles. The molecule has 0 unspecified atom stereocenters. The zero-order valence-corrected chi connectivity index (χ0v) is 15.1. The van der Waals surface area contributed by atoms with Gasteiger partial charge >= 0.3 is 0 Å². The van der Waals surface area contributed by atoms with Gasteiger partial charge in [-0.25, -0.2) is 8.78 Å². The molecule has 0 aliphatic rings. The Kier molecular flexibility index (Phi) is 4.80. The second-order valence-electron chi connectivity index (χ2n) is 5.15. The van der Waals surface area contributed by atoms with E-state index in [4.69, 9.17) is 11.2 Å². The van der Waals surface area contributed by atoms with Gasteiger partial charge in [0.2, 0.25) is 4.80 Å². The number of ether oxygens (including phenoxy) is 1. The van der Waals surface area contributed by atoms with Gasteiger partial charge in [-0.05, 0) is 30.3 Å². The maximum absolute atomic E-state index is 14.2. The number of fused-ring (bicyclic) bond motifs is 1. The fraction of sp³-hybridized carbons (Fsp3) is 0.118. The second-order valence-corrected chi connectivity index (χ2v) is 7.76. The summed E-state index contributed by atoms with van der Waals surface area (Å²) in [6, 6.07) is 7.47. The minimum Gasteiger partial charge on any atom is -0.497 e. The summed E-state index contributed by atoms with van der Waals surface area (Å²) in [7, 11) is -2.62. The Bertz CT molecular complexity index is 1190. The van der Waals surface area contributed by atoms with Crippen LogP contribution >= 0.6 is 11.3 Å². The molecule has 0 amide bonds. The van der Waals surface area contributed by atoms with Gasteiger partial charge in [0.15, 0.2) is 5.82 Å². The lowest BCUT2D eigenvalue weighted by Crippen LogP contribution is -2.17. The van der Waals surface area contributed by atoms with Gasteiger partial charge in [0.1, 0.15) is 11.6 Å². The van der Waals surface area contributed by atoms with E-state index >= 15 is 0 Å². The van der Waals surface area contributed by atoms with E-state index in [2.05, 4.69) is 10.3 Å². The van der Waals surface area contributed by atoms with Crippen molar-refractivity contribution in [3.63, 3.8) is 0 Å². The number of rotatable bonds is 4.